The Morgan fingerprint density at radius 1 is 0.857 bits per heavy atom. The zero-order chi connectivity index (χ0) is 19.9. The zero-order valence-corrected chi connectivity index (χ0v) is 15.5. The fraction of sp³-hybridized carbons (Fsp3) is 0.174. The van der Waals surface area contributed by atoms with E-state index in [1.165, 1.54) is 12.1 Å². The van der Waals surface area contributed by atoms with Gasteiger partial charge in [-0.2, -0.15) is 8.78 Å². The lowest BCUT2D eigenvalue weighted by Crippen LogP contribution is -2.27. The van der Waals surface area contributed by atoms with E-state index in [2.05, 4.69) is 4.74 Å². The number of hydrogen-bond acceptors (Lipinski definition) is 2. The van der Waals surface area contributed by atoms with Crippen molar-refractivity contribution in [3.8, 4) is 16.9 Å². The van der Waals surface area contributed by atoms with Crippen LogP contribution < -0.4 is 4.74 Å². The normalized spacial score (nSPS) is 10.7. The number of amides is 1. The van der Waals surface area contributed by atoms with Crippen molar-refractivity contribution >= 4 is 5.91 Å². The molecule has 28 heavy (non-hydrogen) atoms. The minimum atomic E-state index is -2.84. The van der Waals surface area contributed by atoms with Gasteiger partial charge in [0.05, 0.1) is 6.42 Å². The molecule has 0 spiro atoms. The number of nitrogens with zero attached hydrogens (tertiary/aromatic N) is 1. The third kappa shape index (κ3) is 5.39. The molecule has 3 rings (SSSR count). The first-order valence-corrected chi connectivity index (χ1v) is 8.93. The number of benzene rings is 3. The van der Waals surface area contributed by atoms with Crippen LogP contribution in [0.15, 0.2) is 78.9 Å². The summed E-state index contributed by atoms with van der Waals surface area (Å²) in [6, 6.07) is 24.3. The van der Waals surface area contributed by atoms with E-state index in [0.29, 0.717) is 13.0 Å². The largest absolute Gasteiger partial charge is 0.435 e. The molecule has 0 aliphatic carbocycles. The van der Waals surface area contributed by atoms with Gasteiger partial charge < -0.3 is 9.64 Å². The van der Waals surface area contributed by atoms with Crippen molar-refractivity contribution in [1.29, 1.82) is 0 Å². The van der Waals surface area contributed by atoms with Gasteiger partial charge in [-0.25, -0.2) is 0 Å². The molecule has 3 aromatic rings. The summed E-state index contributed by atoms with van der Waals surface area (Å²) in [5.41, 5.74) is 4.03. The summed E-state index contributed by atoms with van der Waals surface area (Å²) in [4.78, 5) is 14.1. The molecule has 0 atom stereocenters. The van der Waals surface area contributed by atoms with E-state index in [-0.39, 0.29) is 11.7 Å². The Morgan fingerprint density at radius 3 is 2.04 bits per heavy atom. The number of likely N-dealkylation sites (N-methyl/N-ethyl adjacent to an activating group) is 1. The Balaban J connectivity index is 1.56. The van der Waals surface area contributed by atoms with Gasteiger partial charge in [-0.3, -0.25) is 4.79 Å². The lowest BCUT2D eigenvalue weighted by atomic mass is 10.0. The van der Waals surface area contributed by atoms with Crippen LogP contribution in [0.2, 0.25) is 0 Å². The van der Waals surface area contributed by atoms with Crippen LogP contribution in [0.3, 0.4) is 0 Å². The van der Waals surface area contributed by atoms with Crippen LogP contribution in [0.25, 0.3) is 11.1 Å². The Morgan fingerprint density at radius 2 is 1.43 bits per heavy atom. The maximum atomic E-state index is 12.5. The number of carbonyl (C=O) groups excluding carboxylic acids is 1. The molecule has 0 fully saturated rings. The van der Waals surface area contributed by atoms with Crippen LogP contribution >= 0.6 is 0 Å². The average molecular weight is 381 g/mol. The van der Waals surface area contributed by atoms with Gasteiger partial charge in [-0.15, -0.1) is 0 Å². The van der Waals surface area contributed by atoms with Gasteiger partial charge in [0.1, 0.15) is 5.75 Å². The number of ether oxygens (including phenoxy) is 1. The Kier molecular flexibility index (Phi) is 6.37. The van der Waals surface area contributed by atoms with Gasteiger partial charge in [0.2, 0.25) is 5.91 Å². The number of rotatable bonds is 7. The van der Waals surface area contributed by atoms with Crippen LogP contribution in [0.4, 0.5) is 8.78 Å². The molecule has 0 heterocycles. The lowest BCUT2D eigenvalue weighted by molar-refractivity contribution is -0.129. The summed E-state index contributed by atoms with van der Waals surface area (Å²) in [5, 5.41) is 0. The predicted molar refractivity (Wildman–Crippen MR) is 105 cm³/mol. The highest BCUT2D eigenvalue weighted by Crippen LogP contribution is 2.20. The molecule has 0 aliphatic heterocycles. The minimum Gasteiger partial charge on any atom is -0.435 e. The van der Waals surface area contributed by atoms with Gasteiger partial charge in [-0.1, -0.05) is 66.7 Å². The molecule has 0 saturated heterocycles. The van der Waals surface area contributed by atoms with Crippen LogP contribution in [-0.2, 0) is 17.8 Å². The second kappa shape index (κ2) is 9.13. The molecule has 0 saturated carbocycles. The van der Waals surface area contributed by atoms with Crippen molar-refractivity contribution in [3.63, 3.8) is 0 Å². The molecule has 0 unspecified atom stereocenters. The number of alkyl halides is 2. The quantitative estimate of drug-likeness (QED) is 0.566. The first kappa shape index (κ1) is 19.5. The van der Waals surface area contributed by atoms with Crippen LogP contribution in [0.1, 0.15) is 11.1 Å². The van der Waals surface area contributed by atoms with Crippen molar-refractivity contribution < 1.29 is 18.3 Å². The van der Waals surface area contributed by atoms with Gasteiger partial charge >= 0.3 is 6.61 Å². The molecule has 0 aliphatic rings. The molecule has 1 amide bonds. The summed E-state index contributed by atoms with van der Waals surface area (Å²) in [6.45, 7) is -2.45. The molecule has 3 aromatic carbocycles. The van der Waals surface area contributed by atoms with E-state index in [1.807, 2.05) is 54.6 Å². The van der Waals surface area contributed by atoms with Gasteiger partial charge in [0.15, 0.2) is 0 Å². The fourth-order valence-corrected chi connectivity index (χ4v) is 2.89. The lowest BCUT2D eigenvalue weighted by Gasteiger charge is -2.18. The van der Waals surface area contributed by atoms with E-state index < -0.39 is 6.61 Å². The number of hydrogen-bond donors (Lipinski definition) is 0. The summed E-state index contributed by atoms with van der Waals surface area (Å²) >= 11 is 0. The van der Waals surface area contributed by atoms with Crippen LogP contribution in [-0.4, -0.2) is 24.5 Å². The first-order chi connectivity index (χ1) is 13.5. The van der Waals surface area contributed by atoms with E-state index in [9.17, 15) is 13.6 Å². The third-order valence-electron chi connectivity index (χ3n) is 4.41. The fourth-order valence-electron chi connectivity index (χ4n) is 2.89. The molecule has 0 bridgehead atoms. The van der Waals surface area contributed by atoms with Gasteiger partial charge in [0, 0.05) is 13.6 Å². The summed E-state index contributed by atoms with van der Waals surface area (Å²) < 4.78 is 28.7. The smallest absolute Gasteiger partial charge is 0.387 e. The van der Waals surface area contributed by atoms with Gasteiger partial charge in [0.25, 0.3) is 0 Å². The zero-order valence-electron chi connectivity index (χ0n) is 15.5. The molecule has 144 valence electrons. The second-order valence-electron chi connectivity index (χ2n) is 6.51. The van der Waals surface area contributed by atoms with Crippen molar-refractivity contribution in [3.05, 3.63) is 90.0 Å². The molecule has 3 nitrogen and oxygen atoms in total. The molecule has 0 radical (unpaired) electrons. The Bertz CT molecular complexity index is 894. The first-order valence-electron chi connectivity index (χ1n) is 8.93. The second-order valence-corrected chi connectivity index (χ2v) is 6.51. The minimum absolute atomic E-state index is 0.0135. The summed E-state index contributed by atoms with van der Waals surface area (Å²) in [7, 11) is 1.73. The van der Waals surface area contributed by atoms with E-state index in [1.54, 1.807) is 24.1 Å². The highest BCUT2D eigenvalue weighted by atomic mass is 19.3. The topological polar surface area (TPSA) is 29.5 Å². The van der Waals surface area contributed by atoms with Crippen molar-refractivity contribution in [1.82, 2.24) is 4.90 Å². The maximum Gasteiger partial charge on any atom is 0.387 e. The number of carbonyl (C=O) groups is 1. The molecule has 0 N–H and O–H groups in total. The van der Waals surface area contributed by atoms with Crippen molar-refractivity contribution in [2.24, 2.45) is 0 Å². The van der Waals surface area contributed by atoms with Crippen molar-refractivity contribution in [2.45, 2.75) is 19.6 Å². The van der Waals surface area contributed by atoms with E-state index >= 15 is 0 Å². The average Bonchev–Trinajstić information content (AvgIpc) is 2.70. The third-order valence-corrected chi connectivity index (χ3v) is 4.41. The van der Waals surface area contributed by atoms with E-state index in [4.69, 9.17) is 0 Å². The van der Waals surface area contributed by atoms with Crippen molar-refractivity contribution in [2.75, 3.05) is 7.05 Å². The SMILES string of the molecule is CN(Cc1ccc(OC(F)F)cc1)C(=O)Cc1ccc(-c2ccccc2)cc1. The molecular weight excluding hydrogens is 360 g/mol. The van der Waals surface area contributed by atoms with Crippen LogP contribution in [0.5, 0.6) is 5.75 Å². The highest BCUT2D eigenvalue weighted by Gasteiger charge is 2.11. The highest BCUT2D eigenvalue weighted by molar-refractivity contribution is 5.78. The Hall–Kier alpha value is -3.21. The maximum absolute atomic E-state index is 12.5. The molecule has 0 aromatic heterocycles. The Labute approximate surface area is 163 Å². The standard InChI is InChI=1S/C23H21F2NO2/c1-26(16-18-9-13-21(14-10-18)28-23(24)25)22(27)15-17-7-11-20(12-8-17)19-5-3-2-4-6-19/h2-14,23H,15-16H2,1H3. The van der Waals surface area contributed by atoms with Gasteiger partial charge in [-0.05, 0) is 34.4 Å². The number of halogens is 2. The monoisotopic (exact) mass is 381 g/mol. The predicted octanol–water partition coefficient (Wildman–Crippen LogP) is 5.16. The summed E-state index contributed by atoms with van der Waals surface area (Å²) in [6.07, 6.45) is 0.304. The molecule has 5 heteroatoms. The molecular formula is C23H21F2NO2. The van der Waals surface area contributed by atoms with E-state index in [0.717, 1.165) is 22.3 Å². The summed E-state index contributed by atoms with van der Waals surface area (Å²) in [5.74, 6) is 0.0894. The van der Waals surface area contributed by atoms with Crippen LogP contribution in [0, 0.1) is 0 Å².